The molecule has 1 amide bonds. The molecule has 3 nitrogen and oxygen atoms in total. The van der Waals surface area contributed by atoms with Crippen molar-refractivity contribution in [2.45, 2.75) is 37.2 Å². The topological polar surface area (TPSA) is 49.3 Å². The highest BCUT2D eigenvalue weighted by molar-refractivity contribution is 7.99. The Balaban J connectivity index is 1.88. The largest absolute Gasteiger partial charge is 0.393 e. The Morgan fingerprint density at radius 1 is 1.47 bits per heavy atom. The number of carbonyl (C=O) groups is 1. The number of aliphatic hydroxyl groups is 1. The maximum absolute atomic E-state index is 12.2. The molecule has 2 rings (SSSR count). The van der Waals surface area contributed by atoms with Crippen LogP contribution in [0.5, 0.6) is 0 Å². The Hall–Kier alpha value is -1.00. The van der Waals surface area contributed by atoms with Crippen molar-refractivity contribution in [3.8, 4) is 0 Å². The zero-order chi connectivity index (χ0) is 13.8. The highest BCUT2D eigenvalue weighted by Crippen LogP contribution is 2.39. The van der Waals surface area contributed by atoms with E-state index in [1.165, 1.54) is 4.90 Å². The molecule has 3 unspecified atom stereocenters. The van der Waals surface area contributed by atoms with Crippen LogP contribution in [0.2, 0.25) is 0 Å². The van der Waals surface area contributed by atoms with Gasteiger partial charge in [0, 0.05) is 17.2 Å². The molecular weight excluding hydrogens is 258 g/mol. The fraction of sp³-hybridized carbons (Fsp3) is 0.533. The fourth-order valence-corrected chi connectivity index (χ4v) is 3.67. The van der Waals surface area contributed by atoms with Crippen molar-refractivity contribution in [3.63, 3.8) is 0 Å². The molecule has 1 aliphatic heterocycles. The molecule has 0 aliphatic carbocycles. The first-order valence-corrected chi connectivity index (χ1v) is 7.74. The van der Waals surface area contributed by atoms with E-state index in [1.807, 2.05) is 25.1 Å². The van der Waals surface area contributed by atoms with Crippen molar-refractivity contribution in [2.24, 2.45) is 5.92 Å². The van der Waals surface area contributed by atoms with Crippen molar-refractivity contribution in [1.82, 2.24) is 5.32 Å². The number of nitrogens with one attached hydrogen (secondary N) is 1. The van der Waals surface area contributed by atoms with Crippen LogP contribution >= 0.6 is 11.8 Å². The van der Waals surface area contributed by atoms with Crippen LogP contribution in [-0.2, 0) is 4.79 Å². The molecule has 3 atom stereocenters. The van der Waals surface area contributed by atoms with Crippen molar-refractivity contribution in [2.75, 3.05) is 12.3 Å². The third kappa shape index (κ3) is 3.74. The predicted molar refractivity (Wildman–Crippen MR) is 78.4 cm³/mol. The molecule has 0 saturated heterocycles. The summed E-state index contributed by atoms with van der Waals surface area (Å²) in [5, 5.41) is 12.3. The Kier molecular flexibility index (Phi) is 4.88. The summed E-state index contributed by atoms with van der Waals surface area (Å²) in [6.07, 6.45) is 0.408. The van der Waals surface area contributed by atoms with Crippen LogP contribution in [0.3, 0.4) is 0 Å². The van der Waals surface area contributed by atoms with Gasteiger partial charge in [-0.3, -0.25) is 4.79 Å². The lowest BCUT2D eigenvalue weighted by atomic mass is 9.99. The van der Waals surface area contributed by atoms with E-state index in [-0.39, 0.29) is 17.9 Å². The molecule has 104 valence electrons. The van der Waals surface area contributed by atoms with Crippen LogP contribution in [-0.4, -0.2) is 29.4 Å². The SMILES string of the molecule is CC(O)CC(C)CNC(=O)C1CSc2ccccc21. The van der Waals surface area contributed by atoms with Crippen LogP contribution in [0.4, 0.5) is 0 Å². The summed E-state index contributed by atoms with van der Waals surface area (Å²) in [4.78, 5) is 13.4. The van der Waals surface area contributed by atoms with Crippen molar-refractivity contribution < 1.29 is 9.90 Å². The molecule has 2 N–H and O–H groups in total. The monoisotopic (exact) mass is 279 g/mol. The normalized spacial score (nSPS) is 20.7. The van der Waals surface area contributed by atoms with Gasteiger partial charge in [0.05, 0.1) is 12.0 Å². The second-order valence-electron chi connectivity index (χ2n) is 5.34. The number of aliphatic hydroxyl groups excluding tert-OH is 1. The number of thioether (sulfide) groups is 1. The molecule has 1 aromatic carbocycles. The van der Waals surface area contributed by atoms with Gasteiger partial charge in [-0.15, -0.1) is 11.8 Å². The molecule has 1 heterocycles. The van der Waals surface area contributed by atoms with Gasteiger partial charge < -0.3 is 10.4 Å². The quantitative estimate of drug-likeness (QED) is 0.870. The zero-order valence-corrected chi connectivity index (χ0v) is 12.2. The number of benzene rings is 1. The van der Waals surface area contributed by atoms with Crippen LogP contribution in [0.25, 0.3) is 0 Å². The zero-order valence-electron chi connectivity index (χ0n) is 11.4. The number of rotatable bonds is 5. The molecule has 1 aliphatic rings. The van der Waals surface area contributed by atoms with Gasteiger partial charge in [-0.2, -0.15) is 0 Å². The molecule has 19 heavy (non-hydrogen) atoms. The smallest absolute Gasteiger partial charge is 0.228 e. The molecule has 0 fully saturated rings. The third-order valence-electron chi connectivity index (χ3n) is 3.38. The van der Waals surface area contributed by atoms with E-state index in [0.29, 0.717) is 12.5 Å². The summed E-state index contributed by atoms with van der Waals surface area (Å²) in [5.41, 5.74) is 1.15. The molecule has 0 radical (unpaired) electrons. The summed E-state index contributed by atoms with van der Waals surface area (Å²) in [7, 11) is 0. The lowest BCUT2D eigenvalue weighted by molar-refractivity contribution is -0.122. The molecule has 0 saturated carbocycles. The maximum atomic E-state index is 12.2. The van der Waals surface area contributed by atoms with Crippen LogP contribution in [0, 0.1) is 5.92 Å². The highest BCUT2D eigenvalue weighted by atomic mass is 32.2. The second-order valence-corrected chi connectivity index (χ2v) is 6.40. The number of hydrogen-bond acceptors (Lipinski definition) is 3. The molecule has 1 aromatic rings. The van der Waals surface area contributed by atoms with E-state index >= 15 is 0 Å². The van der Waals surface area contributed by atoms with Gasteiger partial charge in [-0.1, -0.05) is 25.1 Å². The summed E-state index contributed by atoms with van der Waals surface area (Å²) in [6, 6.07) is 8.11. The van der Waals surface area contributed by atoms with Gasteiger partial charge >= 0.3 is 0 Å². The van der Waals surface area contributed by atoms with E-state index in [1.54, 1.807) is 18.7 Å². The van der Waals surface area contributed by atoms with E-state index in [4.69, 9.17) is 0 Å². The summed E-state index contributed by atoms with van der Waals surface area (Å²) in [5.74, 6) is 1.21. The van der Waals surface area contributed by atoms with Crippen LogP contribution in [0.1, 0.15) is 31.7 Å². The molecular formula is C15H21NO2S. The summed E-state index contributed by atoms with van der Waals surface area (Å²) >= 11 is 1.75. The number of hydrogen-bond donors (Lipinski definition) is 2. The number of amides is 1. The average molecular weight is 279 g/mol. The maximum Gasteiger partial charge on any atom is 0.228 e. The first kappa shape index (κ1) is 14.4. The van der Waals surface area contributed by atoms with Crippen LogP contribution < -0.4 is 5.32 Å². The van der Waals surface area contributed by atoms with E-state index in [0.717, 1.165) is 17.7 Å². The van der Waals surface area contributed by atoms with Gasteiger partial charge in [0.2, 0.25) is 5.91 Å². The van der Waals surface area contributed by atoms with E-state index < -0.39 is 0 Å². The molecule has 0 aromatic heterocycles. The van der Waals surface area contributed by atoms with Crippen molar-refractivity contribution >= 4 is 17.7 Å². The molecule has 0 bridgehead atoms. The molecule has 4 heteroatoms. The predicted octanol–water partition coefficient (Wildman–Crippen LogP) is 2.40. The minimum absolute atomic E-state index is 0.0278. The fourth-order valence-electron chi connectivity index (χ4n) is 2.44. The van der Waals surface area contributed by atoms with E-state index in [9.17, 15) is 9.90 Å². The molecule has 0 spiro atoms. The van der Waals surface area contributed by atoms with E-state index in [2.05, 4.69) is 11.4 Å². The van der Waals surface area contributed by atoms with Gasteiger partial charge in [0.1, 0.15) is 0 Å². The Bertz CT molecular complexity index is 448. The highest BCUT2D eigenvalue weighted by Gasteiger charge is 2.28. The first-order chi connectivity index (χ1) is 9.08. The Labute approximate surface area is 118 Å². The lowest BCUT2D eigenvalue weighted by Gasteiger charge is -2.16. The Morgan fingerprint density at radius 2 is 2.21 bits per heavy atom. The van der Waals surface area contributed by atoms with Gasteiger partial charge in [-0.25, -0.2) is 0 Å². The first-order valence-electron chi connectivity index (χ1n) is 6.75. The summed E-state index contributed by atoms with van der Waals surface area (Å²) < 4.78 is 0. The van der Waals surface area contributed by atoms with Crippen molar-refractivity contribution in [1.29, 1.82) is 0 Å². The van der Waals surface area contributed by atoms with Crippen LogP contribution in [0.15, 0.2) is 29.2 Å². The standard InChI is InChI=1S/C15H21NO2S/c1-10(7-11(2)17)8-16-15(18)13-9-19-14-6-4-3-5-12(13)14/h3-6,10-11,13,17H,7-9H2,1-2H3,(H,16,18). The average Bonchev–Trinajstić information content (AvgIpc) is 2.79. The minimum Gasteiger partial charge on any atom is -0.393 e. The Morgan fingerprint density at radius 3 is 2.95 bits per heavy atom. The summed E-state index contributed by atoms with van der Waals surface area (Å²) in [6.45, 7) is 4.46. The number of carbonyl (C=O) groups excluding carboxylic acids is 1. The lowest BCUT2D eigenvalue weighted by Crippen LogP contribution is -2.33. The van der Waals surface area contributed by atoms with Gasteiger partial charge in [0.15, 0.2) is 0 Å². The van der Waals surface area contributed by atoms with Gasteiger partial charge in [0.25, 0.3) is 0 Å². The second kappa shape index (κ2) is 6.44. The van der Waals surface area contributed by atoms with Crippen molar-refractivity contribution in [3.05, 3.63) is 29.8 Å². The minimum atomic E-state index is -0.310. The number of fused-ring (bicyclic) bond motifs is 1. The van der Waals surface area contributed by atoms with Gasteiger partial charge in [-0.05, 0) is 30.9 Å². The third-order valence-corrected chi connectivity index (χ3v) is 4.57.